The highest BCUT2D eigenvalue weighted by Gasteiger charge is 2.45. The van der Waals surface area contributed by atoms with Crippen LogP contribution in [0.4, 0.5) is 5.69 Å². The van der Waals surface area contributed by atoms with Gasteiger partial charge in [-0.2, -0.15) is 0 Å². The minimum atomic E-state index is -1.06. The first kappa shape index (κ1) is 30.4. The van der Waals surface area contributed by atoms with Crippen molar-refractivity contribution in [2.45, 2.75) is 44.6 Å². The molecule has 2 aliphatic rings. The van der Waals surface area contributed by atoms with Crippen molar-refractivity contribution in [3.8, 4) is 0 Å². The van der Waals surface area contributed by atoms with Gasteiger partial charge in [0.2, 0.25) is 17.7 Å². The number of carbonyl (C=O) groups excluding carboxylic acids is 5. The van der Waals surface area contributed by atoms with Gasteiger partial charge in [0.1, 0.15) is 6.04 Å². The van der Waals surface area contributed by atoms with Crippen LogP contribution < -0.4 is 10.6 Å². The molecule has 39 heavy (non-hydrogen) atoms. The molecule has 0 radical (unpaired) electrons. The summed E-state index contributed by atoms with van der Waals surface area (Å²) < 4.78 is 16.4. The zero-order valence-corrected chi connectivity index (χ0v) is 22.7. The molecule has 0 bridgehead atoms. The first-order chi connectivity index (χ1) is 18.8. The lowest BCUT2D eigenvalue weighted by Gasteiger charge is -2.27. The second kappa shape index (κ2) is 15.4. The van der Waals surface area contributed by atoms with Crippen LogP contribution in [0.3, 0.4) is 0 Å². The highest BCUT2D eigenvalue weighted by molar-refractivity contribution is 6.26. The van der Waals surface area contributed by atoms with E-state index < -0.39 is 29.7 Å². The maximum Gasteiger partial charge on any atom is 0.264 e. The predicted molar refractivity (Wildman–Crippen MR) is 141 cm³/mol. The lowest BCUT2D eigenvalue weighted by atomic mass is 10.0. The Morgan fingerprint density at radius 1 is 0.949 bits per heavy atom. The summed E-state index contributed by atoms with van der Waals surface area (Å²) >= 11 is 0. The Bertz CT molecular complexity index is 1040. The summed E-state index contributed by atoms with van der Waals surface area (Å²) in [7, 11) is 3.99. The number of imide groups is 2. The number of unbranched alkanes of at least 4 members (excludes halogenated alkanes) is 2. The molecule has 12 nitrogen and oxygen atoms in total. The summed E-state index contributed by atoms with van der Waals surface area (Å²) in [6.07, 6.45) is 2.59. The zero-order chi connectivity index (χ0) is 28.2. The second-order valence-corrected chi connectivity index (χ2v) is 9.67. The number of amides is 5. The molecule has 2 heterocycles. The molecule has 214 valence electrons. The van der Waals surface area contributed by atoms with Gasteiger partial charge in [0, 0.05) is 26.0 Å². The normalized spacial score (nSPS) is 17.1. The average molecular weight is 547 g/mol. The molecule has 0 aliphatic carbocycles. The minimum Gasteiger partial charge on any atom is -0.379 e. The van der Waals surface area contributed by atoms with Crippen LogP contribution in [-0.2, 0) is 28.6 Å². The maximum absolute atomic E-state index is 13.1. The maximum atomic E-state index is 13.1. The molecular formula is C27H38N4O8. The largest absolute Gasteiger partial charge is 0.379 e. The van der Waals surface area contributed by atoms with Crippen molar-refractivity contribution >= 4 is 35.2 Å². The predicted octanol–water partition coefficient (Wildman–Crippen LogP) is 1.20. The van der Waals surface area contributed by atoms with E-state index in [4.69, 9.17) is 14.2 Å². The van der Waals surface area contributed by atoms with Gasteiger partial charge in [0.25, 0.3) is 11.8 Å². The molecule has 3 rings (SSSR count). The highest BCUT2D eigenvalue weighted by Crippen LogP contribution is 2.32. The van der Waals surface area contributed by atoms with Crippen LogP contribution in [-0.4, -0.2) is 106 Å². The number of ether oxygens (including phenoxy) is 3. The first-order valence-electron chi connectivity index (χ1n) is 13.3. The smallest absolute Gasteiger partial charge is 0.264 e. The SMILES string of the molecule is CN(C)CCOCCOCCOCCCCCC(=O)Nc1cccc2c1C(=O)N(C1CCC(=O)NC1=O)C2=O. The molecule has 0 saturated carbocycles. The van der Waals surface area contributed by atoms with E-state index in [-0.39, 0.29) is 42.0 Å². The molecule has 0 spiro atoms. The number of nitrogens with zero attached hydrogens (tertiary/aromatic N) is 2. The standard InChI is InChI=1S/C27H38N4O8/c1-30(2)12-14-38-16-18-39-17-15-37-13-5-3-4-9-22(32)28-20-8-6-7-19-24(20)27(36)31(26(19)35)21-10-11-23(33)29-25(21)34/h6-8,21H,3-5,9-18H2,1-2H3,(H,28,32)(H,29,33,34). The van der Waals surface area contributed by atoms with Crippen molar-refractivity contribution < 1.29 is 38.2 Å². The summed E-state index contributed by atoms with van der Waals surface area (Å²) in [4.78, 5) is 65.2. The van der Waals surface area contributed by atoms with Crippen LogP contribution in [0.25, 0.3) is 0 Å². The number of hydrogen-bond acceptors (Lipinski definition) is 9. The Labute approximate surface area is 228 Å². The van der Waals surface area contributed by atoms with Gasteiger partial charge in [0.15, 0.2) is 0 Å². The molecule has 1 unspecified atom stereocenters. The average Bonchev–Trinajstić information content (AvgIpc) is 3.14. The summed E-state index contributed by atoms with van der Waals surface area (Å²) in [5.74, 6) is -2.65. The molecule has 1 saturated heterocycles. The topological polar surface area (TPSA) is 144 Å². The van der Waals surface area contributed by atoms with E-state index in [9.17, 15) is 24.0 Å². The Balaban J connectivity index is 1.32. The van der Waals surface area contributed by atoms with Gasteiger partial charge in [-0.1, -0.05) is 12.5 Å². The molecule has 1 fully saturated rings. The van der Waals surface area contributed by atoms with E-state index >= 15 is 0 Å². The Morgan fingerprint density at radius 2 is 1.64 bits per heavy atom. The Morgan fingerprint density at radius 3 is 2.33 bits per heavy atom. The fraction of sp³-hybridized carbons (Fsp3) is 0.593. The van der Waals surface area contributed by atoms with E-state index in [1.807, 2.05) is 14.1 Å². The summed E-state index contributed by atoms with van der Waals surface area (Å²) in [5.41, 5.74) is 0.425. The number of hydrogen-bond donors (Lipinski definition) is 2. The summed E-state index contributed by atoms with van der Waals surface area (Å²) in [5, 5.41) is 4.90. The Hall–Kier alpha value is -3.19. The molecule has 1 atom stereocenters. The molecular weight excluding hydrogens is 508 g/mol. The molecule has 0 aromatic heterocycles. The third-order valence-corrected chi connectivity index (χ3v) is 6.36. The third-order valence-electron chi connectivity index (χ3n) is 6.36. The lowest BCUT2D eigenvalue weighted by Crippen LogP contribution is -2.54. The number of benzene rings is 1. The molecule has 1 aromatic carbocycles. The van der Waals surface area contributed by atoms with Gasteiger partial charge in [0.05, 0.1) is 49.8 Å². The number of nitrogens with one attached hydrogen (secondary N) is 2. The number of fused-ring (bicyclic) bond motifs is 1. The summed E-state index contributed by atoms with van der Waals surface area (Å²) in [6, 6.07) is 3.57. The zero-order valence-electron chi connectivity index (χ0n) is 22.7. The minimum absolute atomic E-state index is 0.0408. The van der Waals surface area contributed by atoms with E-state index in [1.54, 1.807) is 12.1 Å². The van der Waals surface area contributed by atoms with Crippen molar-refractivity contribution in [3.05, 3.63) is 29.3 Å². The van der Waals surface area contributed by atoms with E-state index in [2.05, 4.69) is 15.5 Å². The monoisotopic (exact) mass is 546 g/mol. The lowest BCUT2D eigenvalue weighted by molar-refractivity contribution is -0.136. The molecule has 5 amide bonds. The third kappa shape index (κ3) is 8.92. The van der Waals surface area contributed by atoms with Gasteiger partial charge in [-0.3, -0.25) is 34.2 Å². The fourth-order valence-electron chi connectivity index (χ4n) is 4.29. The van der Waals surface area contributed by atoms with Crippen LogP contribution in [0.5, 0.6) is 0 Å². The van der Waals surface area contributed by atoms with Crippen LogP contribution >= 0.6 is 0 Å². The van der Waals surface area contributed by atoms with E-state index in [0.717, 1.165) is 24.3 Å². The number of carbonyl (C=O) groups is 5. The van der Waals surface area contributed by atoms with Crippen molar-refractivity contribution in [2.75, 3.05) is 65.6 Å². The van der Waals surface area contributed by atoms with Crippen LogP contribution in [0.15, 0.2) is 18.2 Å². The van der Waals surface area contributed by atoms with Crippen molar-refractivity contribution in [1.82, 2.24) is 15.1 Å². The van der Waals surface area contributed by atoms with E-state index in [1.165, 1.54) is 6.07 Å². The molecule has 12 heteroatoms. The van der Waals surface area contributed by atoms with Gasteiger partial charge in [-0.15, -0.1) is 0 Å². The number of piperidine rings is 1. The van der Waals surface area contributed by atoms with Gasteiger partial charge < -0.3 is 24.4 Å². The van der Waals surface area contributed by atoms with Crippen molar-refractivity contribution in [1.29, 1.82) is 0 Å². The summed E-state index contributed by atoms with van der Waals surface area (Å²) in [6.45, 7) is 4.23. The van der Waals surface area contributed by atoms with E-state index in [0.29, 0.717) is 46.1 Å². The second-order valence-electron chi connectivity index (χ2n) is 9.67. The van der Waals surface area contributed by atoms with Gasteiger partial charge in [-0.05, 0) is 45.5 Å². The molecule has 1 aromatic rings. The van der Waals surface area contributed by atoms with Gasteiger partial charge in [-0.25, -0.2) is 0 Å². The fourth-order valence-corrected chi connectivity index (χ4v) is 4.29. The number of anilines is 1. The van der Waals surface area contributed by atoms with Crippen molar-refractivity contribution in [3.63, 3.8) is 0 Å². The van der Waals surface area contributed by atoms with Gasteiger partial charge >= 0.3 is 0 Å². The molecule has 2 N–H and O–H groups in total. The first-order valence-corrected chi connectivity index (χ1v) is 13.3. The Kier molecular flexibility index (Phi) is 12.0. The quantitative estimate of drug-likeness (QED) is 0.218. The number of likely N-dealkylation sites (N-methyl/N-ethyl adjacent to an activating group) is 1. The molecule has 2 aliphatic heterocycles. The van der Waals surface area contributed by atoms with Crippen LogP contribution in [0.1, 0.15) is 59.2 Å². The number of rotatable bonds is 17. The highest BCUT2D eigenvalue weighted by atomic mass is 16.5. The van der Waals surface area contributed by atoms with Crippen LogP contribution in [0.2, 0.25) is 0 Å². The van der Waals surface area contributed by atoms with Crippen LogP contribution in [0, 0.1) is 0 Å². The van der Waals surface area contributed by atoms with Crippen molar-refractivity contribution in [2.24, 2.45) is 0 Å².